The number of nitro benzene ring substituents is 1. The summed E-state index contributed by atoms with van der Waals surface area (Å²) in [4.78, 5) is 21.9. The fourth-order valence-corrected chi connectivity index (χ4v) is 1.88. The van der Waals surface area contributed by atoms with Crippen molar-refractivity contribution in [3.63, 3.8) is 0 Å². The Morgan fingerprint density at radius 3 is 2.75 bits per heavy atom. The molecular formula is C17H17N3O4. The monoisotopic (exact) mass is 327 g/mol. The van der Waals surface area contributed by atoms with E-state index < -0.39 is 10.8 Å². The molecular weight excluding hydrogens is 310 g/mol. The van der Waals surface area contributed by atoms with Gasteiger partial charge in [-0.1, -0.05) is 18.2 Å². The molecule has 0 aromatic heterocycles. The summed E-state index contributed by atoms with van der Waals surface area (Å²) >= 11 is 0. The molecule has 7 heteroatoms. The number of hydrazone groups is 1. The van der Waals surface area contributed by atoms with E-state index in [1.54, 1.807) is 18.2 Å². The number of nitrogens with one attached hydrogen (secondary N) is 1. The number of carbonyl (C=O) groups excluding carboxylic acids is 1. The minimum atomic E-state index is -0.493. The van der Waals surface area contributed by atoms with E-state index in [9.17, 15) is 14.9 Å². The molecule has 0 aliphatic carbocycles. The molecule has 124 valence electrons. The first kappa shape index (κ1) is 17.1. The van der Waals surface area contributed by atoms with Crippen LogP contribution in [0, 0.1) is 24.0 Å². The first-order valence-corrected chi connectivity index (χ1v) is 7.22. The van der Waals surface area contributed by atoms with Crippen LogP contribution in [0.5, 0.6) is 5.75 Å². The third-order valence-electron chi connectivity index (χ3n) is 3.33. The zero-order valence-corrected chi connectivity index (χ0v) is 13.4. The molecule has 0 fully saturated rings. The van der Waals surface area contributed by atoms with Gasteiger partial charge in [-0.2, -0.15) is 5.10 Å². The molecule has 0 atom stereocenters. The summed E-state index contributed by atoms with van der Waals surface area (Å²) in [7, 11) is 0. The quantitative estimate of drug-likeness (QED) is 0.501. The van der Waals surface area contributed by atoms with E-state index in [0.29, 0.717) is 11.3 Å². The van der Waals surface area contributed by atoms with Crippen molar-refractivity contribution in [1.29, 1.82) is 0 Å². The summed E-state index contributed by atoms with van der Waals surface area (Å²) < 4.78 is 5.38. The lowest BCUT2D eigenvalue weighted by atomic mass is 10.1. The molecule has 0 aliphatic heterocycles. The van der Waals surface area contributed by atoms with E-state index in [0.717, 1.165) is 11.1 Å². The molecule has 0 heterocycles. The van der Waals surface area contributed by atoms with Crippen molar-refractivity contribution < 1.29 is 14.5 Å². The zero-order valence-electron chi connectivity index (χ0n) is 13.4. The second-order valence-electron chi connectivity index (χ2n) is 5.18. The van der Waals surface area contributed by atoms with Crippen molar-refractivity contribution >= 4 is 17.8 Å². The van der Waals surface area contributed by atoms with E-state index in [-0.39, 0.29) is 12.3 Å². The number of rotatable bonds is 6. The van der Waals surface area contributed by atoms with Gasteiger partial charge in [0.15, 0.2) is 6.61 Å². The molecule has 1 amide bonds. The van der Waals surface area contributed by atoms with E-state index in [4.69, 9.17) is 4.74 Å². The lowest BCUT2D eigenvalue weighted by molar-refractivity contribution is -0.384. The van der Waals surface area contributed by atoms with Gasteiger partial charge in [0.25, 0.3) is 11.6 Å². The second kappa shape index (κ2) is 7.87. The number of aryl methyl sites for hydroxylation is 2. The zero-order chi connectivity index (χ0) is 17.5. The molecule has 2 aromatic rings. The normalized spacial score (nSPS) is 10.6. The molecule has 0 unspecified atom stereocenters. The molecule has 0 saturated carbocycles. The minimum absolute atomic E-state index is 0.0386. The van der Waals surface area contributed by atoms with Gasteiger partial charge in [-0.3, -0.25) is 14.9 Å². The molecule has 2 rings (SSSR count). The van der Waals surface area contributed by atoms with E-state index in [2.05, 4.69) is 10.5 Å². The van der Waals surface area contributed by atoms with Crippen molar-refractivity contribution in [2.75, 3.05) is 6.61 Å². The summed E-state index contributed by atoms with van der Waals surface area (Å²) in [5.41, 5.74) is 5.01. The molecule has 0 bridgehead atoms. The molecule has 0 spiro atoms. The van der Waals surface area contributed by atoms with Crippen LogP contribution >= 0.6 is 0 Å². The van der Waals surface area contributed by atoms with Crippen molar-refractivity contribution in [2.24, 2.45) is 5.10 Å². The molecule has 0 saturated heterocycles. The first-order valence-electron chi connectivity index (χ1n) is 7.22. The molecule has 24 heavy (non-hydrogen) atoms. The van der Waals surface area contributed by atoms with Crippen molar-refractivity contribution in [3.8, 4) is 5.75 Å². The molecule has 0 aliphatic rings. The van der Waals surface area contributed by atoms with Crippen LogP contribution in [0.3, 0.4) is 0 Å². The van der Waals surface area contributed by atoms with Crippen LogP contribution in [-0.4, -0.2) is 23.7 Å². The summed E-state index contributed by atoms with van der Waals surface area (Å²) in [5.74, 6) is 0.186. The largest absolute Gasteiger partial charge is 0.484 e. The first-order chi connectivity index (χ1) is 11.5. The maximum absolute atomic E-state index is 11.7. The number of benzene rings is 2. The van der Waals surface area contributed by atoms with Gasteiger partial charge in [0.2, 0.25) is 0 Å². The van der Waals surface area contributed by atoms with Crippen molar-refractivity contribution in [3.05, 3.63) is 69.3 Å². The Kier molecular flexibility index (Phi) is 5.62. The second-order valence-corrected chi connectivity index (χ2v) is 5.18. The summed E-state index contributed by atoms with van der Waals surface area (Å²) in [6.07, 6.45) is 1.33. The molecule has 7 nitrogen and oxygen atoms in total. The Bertz CT molecular complexity index is 787. The number of hydrogen-bond acceptors (Lipinski definition) is 5. The van der Waals surface area contributed by atoms with Crippen LogP contribution in [0.25, 0.3) is 0 Å². The summed E-state index contributed by atoms with van der Waals surface area (Å²) in [6, 6.07) is 11.5. The van der Waals surface area contributed by atoms with E-state index in [1.165, 1.54) is 18.3 Å². The Morgan fingerprint density at radius 2 is 2.04 bits per heavy atom. The highest BCUT2D eigenvalue weighted by atomic mass is 16.6. The van der Waals surface area contributed by atoms with Crippen LogP contribution in [-0.2, 0) is 4.79 Å². The lowest BCUT2D eigenvalue weighted by Crippen LogP contribution is -2.24. The van der Waals surface area contributed by atoms with Crippen molar-refractivity contribution in [2.45, 2.75) is 13.8 Å². The van der Waals surface area contributed by atoms with Gasteiger partial charge in [0, 0.05) is 17.7 Å². The maximum Gasteiger partial charge on any atom is 0.277 e. The van der Waals surface area contributed by atoms with E-state index in [1.807, 2.05) is 26.0 Å². The van der Waals surface area contributed by atoms with Crippen LogP contribution in [0.2, 0.25) is 0 Å². The molecule has 1 N–H and O–H groups in total. The van der Waals surface area contributed by atoms with Gasteiger partial charge in [-0.15, -0.1) is 0 Å². The standard InChI is InChI=1S/C17H17N3O4/c1-12-6-7-16(8-13(12)2)24-11-17(21)19-18-10-14-4-3-5-15(9-14)20(22)23/h3-10H,11H2,1-2H3,(H,19,21). The fourth-order valence-electron chi connectivity index (χ4n) is 1.88. The number of ether oxygens (including phenoxy) is 1. The Labute approximate surface area is 139 Å². The molecule has 0 radical (unpaired) electrons. The maximum atomic E-state index is 11.7. The number of amides is 1. The highest BCUT2D eigenvalue weighted by molar-refractivity contribution is 5.83. The predicted octanol–water partition coefficient (Wildman–Crippen LogP) is 2.74. The summed E-state index contributed by atoms with van der Waals surface area (Å²) in [5, 5.41) is 14.4. The Morgan fingerprint density at radius 1 is 1.25 bits per heavy atom. The Balaban J connectivity index is 1.85. The predicted molar refractivity (Wildman–Crippen MR) is 90.2 cm³/mol. The van der Waals surface area contributed by atoms with Crippen LogP contribution < -0.4 is 10.2 Å². The van der Waals surface area contributed by atoms with Gasteiger partial charge in [-0.25, -0.2) is 5.43 Å². The van der Waals surface area contributed by atoms with Gasteiger partial charge in [0.1, 0.15) is 5.75 Å². The smallest absolute Gasteiger partial charge is 0.277 e. The number of non-ortho nitro benzene ring substituents is 1. The van der Waals surface area contributed by atoms with Gasteiger partial charge < -0.3 is 4.74 Å². The van der Waals surface area contributed by atoms with Crippen LogP contribution in [0.15, 0.2) is 47.6 Å². The Hall–Kier alpha value is -3.22. The topological polar surface area (TPSA) is 93.8 Å². The van der Waals surface area contributed by atoms with E-state index >= 15 is 0 Å². The third kappa shape index (κ3) is 4.91. The number of carbonyl (C=O) groups is 1. The molecule has 2 aromatic carbocycles. The highest BCUT2D eigenvalue weighted by Crippen LogP contribution is 2.16. The van der Waals surface area contributed by atoms with Gasteiger partial charge in [0.05, 0.1) is 11.1 Å². The van der Waals surface area contributed by atoms with Crippen molar-refractivity contribution in [1.82, 2.24) is 5.43 Å². The van der Waals surface area contributed by atoms with Gasteiger partial charge >= 0.3 is 0 Å². The highest BCUT2D eigenvalue weighted by Gasteiger charge is 2.05. The number of nitro groups is 1. The third-order valence-corrected chi connectivity index (χ3v) is 3.33. The van der Waals surface area contributed by atoms with Crippen LogP contribution in [0.4, 0.5) is 5.69 Å². The fraction of sp³-hybridized carbons (Fsp3) is 0.176. The minimum Gasteiger partial charge on any atom is -0.484 e. The number of hydrogen-bond donors (Lipinski definition) is 1. The lowest BCUT2D eigenvalue weighted by Gasteiger charge is -2.07. The number of nitrogens with zero attached hydrogens (tertiary/aromatic N) is 2. The van der Waals surface area contributed by atoms with Gasteiger partial charge in [-0.05, 0) is 37.1 Å². The SMILES string of the molecule is Cc1ccc(OCC(=O)NN=Cc2cccc([N+](=O)[O-])c2)cc1C. The van der Waals surface area contributed by atoms with Crippen LogP contribution in [0.1, 0.15) is 16.7 Å². The average molecular weight is 327 g/mol. The summed E-state index contributed by atoms with van der Waals surface area (Å²) in [6.45, 7) is 3.79. The average Bonchev–Trinajstić information content (AvgIpc) is 2.56.